The van der Waals surface area contributed by atoms with Gasteiger partial charge in [0.1, 0.15) is 25.8 Å². The number of ether oxygens (including phenoxy) is 2. The molecule has 10 heteroatoms. The van der Waals surface area contributed by atoms with Gasteiger partial charge in [0.15, 0.2) is 17.8 Å². The molecule has 0 amide bonds. The molecule has 3 heterocycles. The highest BCUT2D eigenvalue weighted by Crippen LogP contribution is 2.41. The van der Waals surface area contributed by atoms with Gasteiger partial charge in [0.2, 0.25) is 5.95 Å². The van der Waals surface area contributed by atoms with Gasteiger partial charge in [-0.25, -0.2) is 4.98 Å². The molecule has 0 saturated carbocycles. The third-order valence-electron chi connectivity index (χ3n) is 4.43. The lowest BCUT2D eigenvalue weighted by molar-refractivity contribution is -0.134. The normalized spacial score (nSPS) is 26.7. The zero-order chi connectivity index (χ0) is 19.3. The van der Waals surface area contributed by atoms with E-state index in [0.717, 1.165) is 6.29 Å². The summed E-state index contributed by atoms with van der Waals surface area (Å²) < 4.78 is 14.2. The van der Waals surface area contributed by atoms with Crippen molar-refractivity contribution in [2.24, 2.45) is 0 Å². The molecule has 1 radical (unpaired) electrons. The van der Waals surface area contributed by atoms with Gasteiger partial charge in [-0.3, -0.25) is 4.57 Å². The van der Waals surface area contributed by atoms with E-state index < -0.39 is 25.9 Å². The minimum atomic E-state index is -1.12. The number of carbonyl (C=O) groups is 1. The Labute approximate surface area is 153 Å². The van der Waals surface area contributed by atoms with Crippen molar-refractivity contribution in [3.8, 4) is 0 Å². The molecule has 0 bridgehead atoms. The molecule has 2 aromatic rings. The molecule has 3 atom stereocenters. The van der Waals surface area contributed by atoms with Crippen LogP contribution in [-0.2, 0) is 19.6 Å². The number of hydrogen-bond donors (Lipinski definition) is 2. The van der Waals surface area contributed by atoms with Crippen LogP contribution in [0.5, 0.6) is 0 Å². The van der Waals surface area contributed by atoms with Gasteiger partial charge in [-0.05, 0) is 20.8 Å². The molecule has 0 spiro atoms. The molecule has 1 saturated heterocycles. The van der Waals surface area contributed by atoms with E-state index in [-0.39, 0.29) is 17.9 Å². The van der Waals surface area contributed by atoms with Crippen molar-refractivity contribution in [2.45, 2.75) is 63.4 Å². The monoisotopic (exact) mass is 377 g/mol. The summed E-state index contributed by atoms with van der Waals surface area (Å²) in [4.78, 5) is 24.3. The predicted molar refractivity (Wildman–Crippen MR) is 99.8 cm³/mol. The second kappa shape index (κ2) is 6.29. The summed E-state index contributed by atoms with van der Waals surface area (Å²) in [7, 11) is -1.12. The summed E-state index contributed by atoms with van der Waals surface area (Å²) in [6.45, 7) is 10.1. The van der Waals surface area contributed by atoms with Crippen molar-refractivity contribution in [3.05, 3.63) is 6.33 Å². The molecule has 0 aliphatic carbocycles. The van der Waals surface area contributed by atoms with Crippen molar-refractivity contribution in [2.75, 3.05) is 11.5 Å². The summed E-state index contributed by atoms with van der Waals surface area (Å²) in [5, 5.41) is -0.756. The number of fused-ring (bicyclic) bond motifs is 1. The number of aromatic nitrogens is 4. The zero-order valence-corrected chi connectivity index (χ0v) is 16.7. The van der Waals surface area contributed by atoms with Gasteiger partial charge in [-0.15, -0.1) is 0 Å². The minimum absolute atomic E-state index is 0.0697. The second-order valence-corrected chi connectivity index (χ2v) is 10.5. The fourth-order valence-corrected chi connectivity index (χ4v) is 4.96. The lowest BCUT2D eigenvalue weighted by Crippen LogP contribution is -2.45. The van der Waals surface area contributed by atoms with E-state index in [0.29, 0.717) is 17.6 Å². The Morgan fingerprint density at radius 2 is 2.08 bits per heavy atom. The summed E-state index contributed by atoms with van der Waals surface area (Å²) in [6.07, 6.45) is 1.93. The van der Waals surface area contributed by atoms with Crippen molar-refractivity contribution in [1.29, 1.82) is 0 Å². The van der Waals surface area contributed by atoms with E-state index in [1.54, 1.807) is 6.33 Å². The highest BCUT2D eigenvalue weighted by molar-refractivity contribution is 6.58. The van der Waals surface area contributed by atoms with Crippen molar-refractivity contribution in [1.82, 2.24) is 19.5 Å². The smallest absolute Gasteiger partial charge is 0.224 e. The molecule has 0 aromatic carbocycles. The second-order valence-electron chi connectivity index (χ2n) is 7.73. The van der Waals surface area contributed by atoms with Crippen LogP contribution < -0.4 is 11.5 Å². The van der Waals surface area contributed by atoms with E-state index in [1.165, 1.54) is 0 Å². The number of anilines is 2. The number of nitrogen functional groups attached to an aromatic ring is 2. The first-order chi connectivity index (χ1) is 12.1. The number of carbonyl (C=O) groups excluding carboxylic acids is 1. The molecule has 2 aromatic heterocycles. The van der Waals surface area contributed by atoms with Crippen LogP contribution >= 0.6 is 0 Å². The van der Waals surface area contributed by atoms with Crippen LogP contribution in [0.4, 0.5) is 11.8 Å². The number of nitrogens with zero attached hydrogens (tertiary/aromatic N) is 4. The van der Waals surface area contributed by atoms with E-state index in [1.807, 2.05) is 25.3 Å². The summed E-state index contributed by atoms with van der Waals surface area (Å²) in [6, 6.07) is 0. The molecule has 1 aliphatic rings. The quantitative estimate of drug-likeness (QED) is 0.598. The Morgan fingerprint density at radius 1 is 1.38 bits per heavy atom. The highest BCUT2D eigenvalue weighted by atomic mass is 28.3. The molecule has 141 valence electrons. The SMILES string of the molecule is C[Si](C)[C@@]1(n2cnc3c(N)nc(N)nc32)C[C@H](OC(C)(C)C)[C@@H](C=O)O1. The maximum Gasteiger partial charge on any atom is 0.224 e. The van der Waals surface area contributed by atoms with Gasteiger partial charge in [0.05, 0.1) is 18.0 Å². The van der Waals surface area contributed by atoms with E-state index in [4.69, 9.17) is 20.9 Å². The minimum Gasteiger partial charge on any atom is -0.382 e. The average Bonchev–Trinajstić information content (AvgIpc) is 3.07. The van der Waals surface area contributed by atoms with Crippen LogP contribution in [0, 0.1) is 0 Å². The van der Waals surface area contributed by atoms with E-state index >= 15 is 0 Å². The Bertz CT molecular complexity index is 833. The molecule has 0 unspecified atom stereocenters. The van der Waals surface area contributed by atoms with Crippen molar-refractivity contribution >= 4 is 38.0 Å². The third kappa shape index (κ3) is 3.08. The van der Waals surface area contributed by atoms with Gasteiger partial charge in [-0.1, -0.05) is 13.1 Å². The number of aldehydes is 1. The molecule has 4 N–H and O–H groups in total. The van der Waals surface area contributed by atoms with Gasteiger partial charge in [0.25, 0.3) is 0 Å². The molecule has 1 fully saturated rings. The summed E-state index contributed by atoms with van der Waals surface area (Å²) >= 11 is 0. The molecule has 26 heavy (non-hydrogen) atoms. The fourth-order valence-electron chi connectivity index (χ4n) is 3.34. The number of nitrogens with two attached hydrogens (primary N) is 2. The van der Waals surface area contributed by atoms with Crippen LogP contribution in [0.3, 0.4) is 0 Å². The first-order valence-corrected chi connectivity index (χ1v) is 11.0. The first kappa shape index (κ1) is 18.7. The topological polar surface area (TPSA) is 131 Å². The first-order valence-electron chi connectivity index (χ1n) is 8.45. The Hall–Kier alpha value is -2.04. The standard InChI is InChI=1S/C16H25N6O3Si/c1-15(2,3)24-9-6-16(26(4)5,25-10(9)7-23)22-8-19-11-12(17)20-14(18)21-13(11)22/h7-10H,6H2,1-5H3,(H4,17,18,20,21)/t9-,10+,16+/m0/s1. The lowest BCUT2D eigenvalue weighted by Gasteiger charge is -2.34. The molecule has 1 aliphatic heterocycles. The van der Waals surface area contributed by atoms with Crippen molar-refractivity contribution in [3.63, 3.8) is 0 Å². The molecule has 3 rings (SSSR count). The lowest BCUT2D eigenvalue weighted by atomic mass is 10.1. The highest BCUT2D eigenvalue weighted by Gasteiger charge is 2.52. The summed E-state index contributed by atoms with van der Waals surface area (Å²) in [5.41, 5.74) is 12.3. The largest absolute Gasteiger partial charge is 0.382 e. The van der Waals surface area contributed by atoms with Crippen LogP contribution in [0.25, 0.3) is 11.2 Å². The Kier molecular flexibility index (Phi) is 4.53. The number of imidazole rings is 1. The molecular weight excluding hydrogens is 352 g/mol. The van der Waals surface area contributed by atoms with Crippen LogP contribution in [0.15, 0.2) is 6.33 Å². The van der Waals surface area contributed by atoms with Gasteiger partial charge < -0.3 is 25.7 Å². The zero-order valence-electron chi connectivity index (χ0n) is 15.7. The average molecular weight is 378 g/mol. The van der Waals surface area contributed by atoms with Gasteiger partial charge >= 0.3 is 0 Å². The third-order valence-corrected chi connectivity index (χ3v) is 6.55. The fraction of sp³-hybridized carbons (Fsp3) is 0.625. The van der Waals surface area contributed by atoms with Crippen LogP contribution in [0.1, 0.15) is 27.2 Å². The Balaban J connectivity index is 2.12. The number of rotatable bonds is 4. The van der Waals surface area contributed by atoms with E-state index in [9.17, 15) is 4.79 Å². The molecule has 9 nitrogen and oxygen atoms in total. The van der Waals surface area contributed by atoms with Gasteiger partial charge in [-0.2, -0.15) is 9.97 Å². The summed E-state index contributed by atoms with van der Waals surface area (Å²) in [5.74, 6) is 0.287. The molecular formula is C16H25N6O3Si. The maximum atomic E-state index is 11.7. The van der Waals surface area contributed by atoms with Crippen molar-refractivity contribution < 1.29 is 14.3 Å². The van der Waals surface area contributed by atoms with Crippen LogP contribution in [0.2, 0.25) is 13.1 Å². The maximum absolute atomic E-state index is 11.7. The predicted octanol–water partition coefficient (Wildman–Crippen LogP) is 1.11. The number of hydrogen-bond acceptors (Lipinski definition) is 8. The van der Waals surface area contributed by atoms with Crippen LogP contribution in [-0.4, -0.2) is 52.4 Å². The Morgan fingerprint density at radius 3 is 2.65 bits per heavy atom. The van der Waals surface area contributed by atoms with Gasteiger partial charge in [0, 0.05) is 6.42 Å². The van der Waals surface area contributed by atoms with E-state index in [2.05, 4.69) is 28.0 Å².